The van der Waals surface area contributed by atoms with E-state index in [0.29, 0.717) is 6.42 Å². The van der Waals surface area contributed by atoms with Gasteiger partial charge in [0.25, 0.3) is 0 Å². The van der Waals surface area contributed by atoms with E-state index < -0.39 is 17.7 Å². The lowest BCUT2D eigenvalue weighted by molar-refractivity contribution is 0.0862. The van der Waals surface area contributed by atoms with Gasteiger partial charge in [-0.25, -0.2) is 4.79 Å². The van der Waals surface area contributed by atoms with Gasteiger partial charge < -0.3 is 19.9 Å². The molecule has 0 aliphatic heterocycles. The summed E-state index contributed by atoms with van der Waals surface area (Å²) in [4.78, 5) is 13.5. The van der Waals surface area contributed by atoms with Crippen LogP contribution in [-0.4, -0.2) is 50.7 Å². The molecule has 0 aliphatic rings. The van der Waals surface area contributed by atoms with Gasteiger partial charge in [-0.15, -0.1) is 10.2 Å². The molecule has 9 heteroatoms. The molecule has 0 saturated heterocycles. The van der Waals surface area contributed by atoms with E-state index in [1.54, 1.807) is 7.11 Å². The number of amides is 1. The predicted octanol–water partition coefficient (Wildman–Crippen LogP) is 1.48. The minimum Gasteiger partial charge on any atom is -0.497 e. The van der Waals surface area contributed by atoms with Crippen LogP contribution in [0.1, 0.15) is 38.3 Å². The zero-order chi connectivity index (χ0) is 19.2. The molecule has 2 aromatic rings. The normalized spacial score (nSPS) is 12.5. The van der Waals surface area contributed by atoms with Crippen LogP contribution in [0.25, 0.3) is 0 Å². The van der Waals surface area contributed by atoms with E-state index in [2.05, 4.69) is 20.7 Å². The van der Waals surface area contributed by atoms with Crippen LogP contribution in [0.2, 0.25) is 0 Å². The number of nitrogens with one attached hydrogen (secondary N) is 1. The molecule has 142 valence electrons. The fourth-order valence-electron chi connectivity index (χ4n) is 2.19. The molecule has 0 saturated carbocycles. The number of nitrogens with zero attached hydrogens (tertiary/aromatic N) is 4. The Morgan fingerprint density at radius 1 is 1.31 bits per heavy atom. The number of tetrazole rings is 1. The summed E-state index contributed by atoms with van der Waals surface area (Å²) in [7, 11) is 1.60. The first kappa shape index (κ1) is 19.6. The van der Waals surface area contributed by atoms with E-state index in [4.69, 9.17) is 14.6 Å². The van der Waals surface area contributed by atoms with Crippen LogP contribution in [0.15, 0.2) is 24.3 Å². The summed E-state index contributed by atoms with van der Waals surface area (Å²) in [6.45, 7) is 5.70. The number of ether oxygens (including phenoxy) is 2. The van der Waals surface area contributed by atoms with Crippen molar-refractivity contribution in [2.75, 3.05) is 13.7 Å². The molecule has 1 aromatic carbocycles. The van der Waals surface area contributed by atoms with Gasteiger partial charge in [-0.3, -0.25) is 0 Å². The van der Waals surface area contributed by atoms with Crippen molar-refractivity contribution in [3.8, 4) is 5.75 Å². The third kappa shape index (κ3) is 5.99. The van der Waals surface area contributed by atoms with Crippen molar-refractivity contribution in [3.05, 3.63) is 35.7 Å². The number of hydrogen-bond donors (Lipinski definition) is 2. The number of aromatic nitrogens is 4. The van der Waals surface area contributed by atoms with Crippen LogP contribution in [0, 0.1) is 0 Å². The molecule has 1 heterocycles. The second-order valence-corrected chi connectivity index (χ2v) is 6.79. The van der Waals surface area contributed by atoms with Crippen LogP contribution in [-0.2, 0) is 17.7 Å². The number of alkyl carbamates (subject to hydrolysis) is 1. The summed E-state index contributed by atoms with van der Waals surface area (Å²) in [6, 6.07) is 7.43. The van der Waals surface area contributed by atoms with Gasteiger partial charge in [0.15, 0.2) is 6.10 Å². The van der Waals surface area contributed by atoms with E-state index in [1.165, 1.54) is 4.80 Å². The van der Waals surface area contributed by atoms with Gasteiger partial charge in [-0.2, -0.15) is 4.80 Å². The maximum atomic E-state index is 12.2. The Morgan fingerprint density at radius 3 is 2.58 bits per heavy atom. The quantitative estimate of drug-likeness (QED) is 0.766. The Morgan fingerprint density at radius 2 is 2.00 bits per heavy atom. The van der Waals surface area contributed by atoms with Crippen LogP contribution in [0.5, 0.6) is 5.75 Å². The van der Waals surface area contributed by atoms with Crippen LogP contribution in [0.3, 0.4) is 0 Å². The molecule has 1 amide bonds. The Kier molecular flexibility index (Phi) is 6.51. The topological polar surface area (TPSA) is 111 Å². The molecule has 1 aromatic heterocycles. The highest BCUT2D eigenvalue weighted by Gasteiger charge is 2.24. The Hall–Kier alpha value is -2.68. The Labute approximate surface area is 152 Å². The van der Waals surface area contributed by atoms with Crippen molar-refractivity contribution >= 4 is 6.09 Å². The summed E-state index contributed by atoms with van der Waals surface area (Å²) in [6.07, 6.45) is -0.889. The van der Waals surface area contributed by atoms with Crippen molar-refractivity contribution in [3.63, 3.8) is 0 Å². The highest BCUT2D eigenvalue weighted by atomic mass is 16.6. The monoisotopic (exact) mass is 363 g/mol. The third-order valence-electron chi connectivity index (χ3n) is 3.36. The van der Waals surface area contributed by atoms with E-state index in [-0.39, 0.29) is 19.0 Å². The summed E-state index contributed by atoms with van der Waals surface area (Å²) < 4.78 is 10.7. The first-order valence-corrected chi connectivity index (χ1v) is 8.31. The second kappa shape index (κ2) is 8.61. The number of methoxy groups -OCH3 is 1. The lowest BCUT2D eigenvalue weighted by Gasteiger charge is -2.22. The van der Waals surface area contributed by atoms with E-state index in [0.717, 1.165) is 11.3 Å². The van der Waals surface area contributed by atoms with Gasteiger partial charge in [0.1, 0.15) is 5.75 Å². The molecule has 26 heavy (non-hydrogen) atoms. The number of carbonyl (C=O) groups is 1. The number of benzene rings is 1. The minimum absolute atomic E-state index is 0.107. The van der Waals surface area contributed by atoms with Gasteiger partial charge in [0.05, 0.1) is 20.3 Å². The third-order valence-corrected chi connectivity index (χ3v) is 3.36. The molecule has 2 rings (SSSR count). The number of aliphatic hydroxyl groups is 1. The number of aliphatic hydroxyl groups excluding tert-OH is 1. The standard InChI is InChI=1S/C17H25N5O4/c1-17(2,3)18-16(24)26-14(15-19-21-22(20-15)9-10-23)11-12-5-7-13(25-4)8-6-12/h5-8,14,23H,9-11H2,1-4H3,(H,18,24)/t14-/m0/s1. The van der Waals surface area contributed by atoms with Crippen molar-refractivity contribution in [2.24, 2.45) is 0 Å². The summed E-state index contributed by atoms with van der Waals surface area (Å²) in [5, 5.41) is 23.7. The minimum atomic E-state index is -0.710. The van der Waals surface area contributed by atoms with Crippen LogP contribution < -0.4 is 10.1 Å². The zero-order valence-corrected chi connectivity index (χ0v) is 15.5. The second-order valence-electron chi connectivity index (χ2n) is 6.79. The van der Waals surface area contributed by atoms with Gasteiger partial charge in [-0.05, 0) is 43.7 Å². The molecule has 0 radical (unpaired) electrons. The average molecular weight is 363 g/mol. The van der Waals surface area contributed by atoms with E-state index in [1.807, 2.05) is 45.0 Å². The van der Waals surface area contributed by atoms with Gasteiger partial charge >= 0.3 is 6.09 Å². The molecular formula is C17H25N5O4. The first-order chi connectivity index (χ1) is 12.3. The molecule has 0 fully saturated rings. The fraction of sp³-hybridized carbons (Fsp3) is 0.529. The molecule has 0 bridgehead atoms. The Bertz CT molecular complexity index is 709. The van der Waals surface area contributed by atoms with Crippen molar-refractivity contribution in [2.45, 2.75) is 45.4 Å². The summed E-state index contributed by atoms with van der Waals surface area (Å²) in [5.74, 6) is 1.02. The summed E-state index contributed by atoms with van der Waals surface area (Å²) in [5.41, 5.74) is 0.502. The molecule has 0 aliphatic carbocycles. The lowest BCUT2D eigenvalue weighted by atomic mass is 10.1. The number of hydrogen-bond acceptors (Lipinski definition) is 7. The maximum absolute atomic E-state index is 12.2. The summed E-state index contributed by atoms with van der Waals surface area (Å²) >= 11 is 0. The van der Waals surface area contributed by atoms with Crippen molar-refractivity contribution < 1.29 is 19.4 Å². The Balaban J connectivity index is 2.17. The maximum Gasteiger partial charge on any atom is 0.408 e. The van der Waals surface area contributed by atoms with Crippen LogP contribution >= 0.6 is 0 Å². The highest BCUT2D eigenvalue weighted by molar-refractivity contribution is 5.68. The molecule has 1 atom stereocenters. The highest BCUT2D eigenvalue weighted by Crippen LogP contribution is 2.21. The molecule has 9 nitrogen and oxygen atoms in total. The van der Waals surface area contributed by atoms with Gasteiger partial charge in [0.2, 0.25) is 5.82 Å². The van der Waals surface area contributed by atoms with E-state index in [9.17, 15) is 4.79 Å². The molecule has 2 N–H and O–H groups in total. The van der Waals surface area contributed by atoms with Gasteiger partial charge in [-0.1, -0.05) is 12.1 Å². The smallest absolute Gasteiger partial charge is 0.408 e. The fourth-order valence-corrected chi connectivity index (χ4v) is 2.19. The van der Waals surface area contributed by atoms with Crippen molar-refractivity contribution in [1.29, 1.82) is 0 Å². The average Bonchev–Trinajstić information content (AvgIpc) is 3.02. The zero-order valence-electron chi connectivity index (χ0n) is 15.5. The number of rotatable bonds is 7. The van der Waals surface area contributed by atoms with E-state index >= 15 is 0 Å². The molecular weight excluding hydrogens is 338 g/mol. The first-order valence-electron chi connectivity index (χ1n) is 8.31. The number of carbonyl (C=O) groups excluding carboxylic acids is 1. The largest absolute Gasteiger partial charge is 0.497 e. The van der Waals surface area contributed by atoms with Crippen molar-refractivity contribution in [1.82, 2.24) is 25.5 Å². The SMILES string of the molecule is COc1ccc(C[C@H](OC(=O)NC(C)(C)C)c2nnn(CCO)n2)cc1. The molecule has 0 unspecified atom stereocenters. The van der Waals surface area contributed by atoms with Crippen LogP contribution in [0.4, 0.5) is 4.79 Å². The predicted molar refractivity (Wildman–Crippen MR) is 93.7 cm³/mol. The lowest BCUT2D eigenvalue weighted by Crippen LogP contribution is -2.41. The molecule has 0 spiro atoms. The van der Waals surface area contributed by atoms with Gasteiger partial charge in [0, 0.05) is 12.0 Å².